The van der Waals surface area contributed by atoms with Gasteiger partial charge < -0.3 is 4.74 Å². The Bertz CT molecular complexity index is 505. The van der Waals surface area contributed by atoms with Crippen molar-refractivity contribution in [2.45, 2.75) is 13.8 Å². The van der Waals surface area contributed by atoms with Crippen molar-refractivity contribution < 1.29 is 4.74 Å². The number of hydrogen-bond donors (Lipinski definition) is 1. The van der Waals surface area contributed by atoms with Crippen molar-refractivity contribution in [1.82, 2.24) is 0 Å². The third-order valence-electron chi connectivity index (χ3n) is 1.35. The van der Waals surface area contributed by atoms with E-state index in [1.807, 2.05) is 13.8 Å². The normalized spacial score (nSPS) is 8.53. The minimum absolute atomic E-state index is 0.330. The van der Waals surface area contributed by atoms with Gasteiger partial charge in [0.1, 0.15) is 6.61 Å². The van der Waals surface area contributed by atoms with Crippen LogP contribution in [-0.4, -0.2) is 13.0 Å². The molecule has 0 rings (SSSR count). The van der Waals surface area contributed by atoms with Gasteiger partial charge in [0.05, 0.1) is 5.41 Å². The van der Waals surface area contributed by atoms with Crippen LogP contribution < -0.4 is 0 Å². The van der Waals surface area contributed by atoms with E-state index in [9.17, 15) is 0 Å². The summed E-state index contributed by atoms with van der Waals surface area (Å²) >= 11 is 0. The van der Waals surface area contributed by atoms with Crippen molar-refractivity contribution in [2.24, 2.45) is 15.7 Å². The molecule has 0 saturated heterocycles. The largest absolute Gasteiger partial charge is 0.480 e. The van der Waals surface area contributed by atoms with Gasteiger partial charge in [-0.25, -0.2) is 0 Å². The van der Waals surface area contributed by atoms with Gasteiger partial charge in [-0.2, -0.15) is 5.53 Å². The Morgan fingerprint density at radius 2 is 1.88 bits per heavy atom. The average Bonchev–Trinajstić information content (AvgIpc) is 2.29. The summed E-state index contributed by atoms with van der Waals surface area (Å²) in [6, 6.07) is 0. The van der Waals surface area contributed by atoms with Gasteiger partial charge in [0.25, 0.3) is 0 Å². The average molecular weight is 225 g/mol. The summed E-state index contributed by atoms with van der Waals surface area (Å²) in [6.45, 7) is 4.11. The van der Waals surface area contributed by atoms with E-state index < -0.39 is 0 Å². The summed E-state index contributed by atoms with van der Waals surface area (Å²) in [5, 5.41) is 6.00. The van der Waals surface area contributed by atoms with Gasteiger partial charge in [0.15, 0.2) is 6.40 Å². The molecule has 0 aliphatic carbocycles. The lowest BCUT2D eigenvalue weighted by molar-refractivity contribution is 0.227. The van der Waals surface area contributed by atoms with Crippen molar-refractivity contribution in [2.75, 3.05) is 6.61 Å². The molecule has 0 amide bonds. The molecule has 0 aliphatic rings. The van der Waals surface area contributed by atoms with Gasteiger partial charge in [-0.1, -0.05) is 5.92 Å². The summed E-state index contributed by atoms with van der Waals surface area (Å²) in [5.74, 6) is 17.6. The van der Waals surface area contributed by atoms with E-state index in [0.29, 0.717) is 6.61 Å². The summed E-state index contributed by atoms with van der Waals surface area (Å²) in [7, 11) is 0. The van der Waals surface area contributed by atoms with E-state index in [4.69, 9.17) is 16.7 Å². The standard InChI is InChI=1S/C13H11N3O/c1-4-5-6-7-8-9-10-13(2,3)11-17-12-15-16-14/h1,12,14H,11H2,2-3H3/b15-12+,16-14?. The molecule has 84 valence electrons. The first-order valence-corrected chi connectivity index (χ1v) is 4.60. The molecule has 1 N–H and O–H groups in total. The van der Waals surface area contributed by atoms with Crippen molar-refractivity contribution in [1.29, 1.82) is 5.53 Å². The van der Waals surface area contributed by atoms with Crippen LogP contribution in [-0.2, 0) is 4.74 Å². The van der Waals surface area contributed by atoms with Gasteiger partial charge in [-0.15, -0.1) is 11.5 Å². The SMILES string of the molecule is C#CC#CC#CC#CC(C)(C)CO/C=N/N=N. The first-order valence-electron chi connectivity index (χ1n) is 4.60. The first-order chi connectivity index (χ1) is 8.12. The van der Waals surface area contributed by atoms with Crippen LogP contribution in [0, 0.1) is 58.8 Å². The molecule has 17 heavy (non-hydrogen) atoms. The topological polar surface area (TPSA) is 57.8 Å². The van der Waals surface area contributed by atoms with Crippen molar-refractivity contribution >= 4 is 6.40 Å². The number of ether oxygens (including phenoxy) is 1. The highest BCUT2D eigenvalue weighted by atomic mass is 16.5. The number of nitrogens with one attached hydrogen (secondary N) is 1. The molecular weight excluding hydrogens is 214 g/mol. The van der Waals surface area contributed by atoms with Crippen LogP contribution in [0.25, 0.3) is 0 Å². The number of terminal acetylenes is 1. The Morgan fingerprint density at radius 3 is 2.53 bits per heavy atom. The van der Waals surface area contributed by atoms with E-state index in [1.165, 1.54) is 0 Å². The molecule has 0 atom stereocenters. The number of hydrogen-bond acceptors (Lipinski definition) is 3. The van der Waals surface area contributed by atoms with E-state index in [0.717, 1.165) is 6.40 Å². The van der Waals surface area contributed by atoms with Gasteiger partial charge in [-0.3, -0.25) is 0 Å². The quantitative estimate of drug-likeness (QED) is 0.255. The second-order valence-electron chi connectivity index (χ2n) is 3.41. The van der Waals surface area contributed by atoms with E-state index >= 15 is 0 Å². The molecule has 0 aromatic carbocycles. The van der Waals surface area contributed by atoms with E-state index in [2.05, 4.69) is 51.8 Å². The zero-order valence-electron chi connectivity index (χ0n) is 9.66. The van der Waals surface area contributed by atoms with E-state index in [1.54, 1.807) is 0 Å². The van der Waals surface area contributed by atoms with Gasteiger partial charge in [0, 0.05) is 0 Å². The van der Waals surface area contributed by atoms with Gasteiger partial charge in [-0.05, 0) is 54.6 Å². The fraction of sp³-hybridized carbons (Fsp3) is 0.308. The molecule has 0 spiro atoms. The zero-order chi connectivity index (χ0) is 13.0. The maximum atomic E-state index is 6.40. The highest BCUT2D eigenvalue weighted by Gasteiger charge is 2.14. The number of nitrogens with zero attached hydrogens (tertiary/aromatic N) is 2. The Hall–Kier alpha value is -2.69. The van der Waals surface area contributed by atoms with Crippen molar-refractivity contribution in [3.8, 4) is 47.9 Å². The number of rotatable bonds is 4. The van der Waals surface area contributed by atoms with Crippen LogP contribution in [0.4, 0.5) is 0 Å². The lowest BCUT2D eigenvalue weighted by Gasteiger charge is -2.14. The van der Waals surface area contributed by atoms with Crippen LogP contribution >= 0.6 is 0 Å². The lowest BCUT2D eigenvalue weighted by Crippen LogP contribution is -2.16. The van der Waals surface area contributed by atoms with Crippen LogP contribution in [0.15, 0.2) is 10.3 Å². The minimum atomic E-state index is -0.373. The zero-order valence-corrected chi connectivity index (χ0v) is 9.66. The molecule has 0 saturated carbocycles. The highest BCUT2D eigenvalue weighted by molar-refractivity contribution is 5.46. The summed E-state index contributed by atoms with van der Waals surface area (Å²) in [6.07, 6.45) is 6.01. The van der Waals surface area contributed by atoms with Crippen LogP contribution in [0.5, 0.6) is 0 Å². The smallest absolute Gasteiger partial charge is 0.197 e. The molecule has 4 nitrogen and oxygen atoms in total. The minimum Gasteiger partial charge on any atom is -0.480 e. The summed E-state index contributed by atoms with van der Waals surface area (Å²) < 4.78 is 5.02. The maximum Gasteiger partial charge on any atom is 0.197 e. The Kier molecular flexibility index (Phi) is 7.24. The lowest BCUT2D eigenvalue weighted by atomic mass is 9.96. The third kappa shape index (κ3) is 9.61. The molecule has 0 aliphatic heterocycles. The maximum absolute atomic E-state index is 6.40. The van der Waals surface area contributed by atoms with Crippen molar-refractivity contribution in [3.63, 3.8) is 0 Å². The molecule has 0 aromatic rings. The predicted molar refractivity (Wildman–Crippen MR) is 65.5 cm³/mol. The molecule has 0 bridgehead atoms. The first kappa shape index (κ1) is 14.3. The van der Waals surface area contributed by atoms with Gasteiger partial charge >= 0.3 is 0 Å². The Labute approximate surface area is 101 Å². The monoisotopic (exact) mass is 225 g/mol. The molecule has 0 unspecified atom stereocenters. The fourth-order valence-electron chi connectivity index (χ4n) is 0.669. The second kappa shape index (κ2) is 8.60. The molecule has 0 fully saturated rings. The Morgan fingerprint density at radius 1 is 1.24 bits per heavy atom. The highest BCUT2D eigenvalue weighted by Crippen LogP contribution is 2.12. The Balaban J connectivity index is 4.28. The van der Waals surface area contributed by atoms with E-state index in [-0.39, 0.29) is 5.41 Å². The molecule has 0 heterocycles. The van der Waals surface area contributed by atoms with Crippen LogP contribution in [0.2, 0.25) is 0 Å². The fourth-order valence-corrected chi connectivity index (χ4v) is 0.669. The summed E-state index contributed by atoms with van der Waals surface area (Å²) in [4.78, 5) is 0. The molecule has 0 aromatic heterocycles. The predicted octanol–water partition coefficient (Wildman–Crippen LogP) is 1.65. The van der Waals surface area contributed by atoms with Crippen LogP contribution in [0.3, 0.4) is 0 Å². The van der Waals surface area contributed by atoms with Gasteiger partial charge in [0.2, 0.25) is 0 Å². The molecular formula is C13H11N3O. The van der Waals surface area contributed by atoms with Crippen molar-refractivity contribution in [3.05, 3.63) is 0 Å². The van der Waals surface area contributed by atoms with Crippen LogP contribution in [0.1, 0.15) is 13.8 Å². The molecule has 0 radical (unpaired) electrons. The molecule has 4 heteroatoms. The second-order valence-corrected chi connectivity index (χ2v) is 3.41. The third-order valence-corrected chi connectivity index (χ3v) is 1.35. The summed E-state index contributed by atoms with van der Waals surface area (Å²) in [5.41, 5.74) is 6.03.